The number of benzene rings is 3. The molecule has 0 aliphatic carbocycles. The van der Waals surface area contributed by atoms with Gasteiger partial charge in [0, 0.05) is 9.37 Å². The summed E-state index contributed by atoms with van der Waals surface area (Å²) in [6.45, 7) is 0. The van der Waals surface area contributed by atoms with Crippen molar-refractivity contribution in [3.8, 4) is 0 Å². The summed E-state index contributed by atoms with van der Waals surface area (Å²) in [5, 5.41) is 5.32. The molecule has 0 atom stereocenters. The van der Waals surface area contributed by atoms with E-state index in [0.717, 1.165) is 15.1 Å². The maximum Gasteiger partial charge on any atom is 0.234 e. The van der Waals surface area contributed by atoms with Gasteiger partial charge in [0.25, 0.3) is 0 Å². The number of fused-ring (bicyclic) bond motifs is 1. The van der Waals surface area contributed by atoms with Gasteiger partial charge in [-0.3, -0.25) is 4.79 Å². The number of halogens is 1. The van der Waals surface area contributed by atoms with Crippen LogP contribution in [0.15, 0.2) is 76.1 Å². The van der Waals surface area contributed by atoms with Crippen LogP contribution in [0.5, 0.6) is 0 Å². The quantitative estimate of drug-likeness (QED) is 0.627. The van der Waals surface area contributed by atoms with Gasteiger partial charge < -0.3 is 5.32 Å². The second kappa shape index (κ2) is 6.99. The minimum Gasteiger partial charge on any atom is -0.324 e. The van der Waals surface area contributed by atoms with Crippen molar-refractivity contribution in [3.05, 3.63) is 71.2 Å². The minimum atomic E-state index is -0.00920. The van der Waals surface area contributed by atoms with E-state index in [1.54, 1.807) is 11.8 Å². The lowest BCUT2D eigenvalue weighted by Gasteiger charge is -2.07. The lowest BCUT2D eigenvalue weighted by Crippen LogP contribution is -2.14. The molecule has 2 nitrogen and oxygen atoms in total. The molecule has 0 radical (unpaired) electrons. The highest BCUT2D eigenvalue weighted by atomic mass is 79.9. The third-order valence-corrected chi connectivity index (χ3v) is 4.92. The second-order valence-electron chi connectivity index (χ2n) is 4.83. The zero-order valence-electron chi connectivity index (χ0n) is 11.8. The van der Waals surface area contributed by atoms with E-state index < -0.39 is 0 Å². The first-order valence-electron chi connectivity index (χ1n) is 6.88. The largest absolute Gasteiger partial charge is 0.324 e. The summed E-state index contributed by atoms with van der Waals surface area (Å²) in [6, 6.07) is 22.1. The predicted octanol–water partition coefficient (Wildman–Crippen LogP) is 5.33. The van der Waals surface area contributed by atoms with Crippen LogP contribution in [0.1, 0.15) is 0 Å². The summed E-state index contributed by atoms with van der Waals surface area (Å²) in [6.07, 6.45) is 0. The Morgan fingerprint density at radius 1 is 0.955 bits per heavy atom. The van der Waals surface area contributed by atoms with E-state index in [1.165, 1.54) is 10.8 Å². The summed E-state index contributed by atoms with van der Waals surface area (Å²) in [4.78, 5) is 13.1. The van der Waals surface area contributed by atoms with E-state index >= 15 is 0 Å². The highest BCUT2D eigenvalue weighted by Gasteiger charge is 2.06. The zero-order valence-corrected chi connectivity index (χ0v) is 14.2. The van der Waals surface area contributed by atoms with Gasteiger partial charge in [0.1, 0.15) is 0 Å². The Morgan fingerprint density at radius 3 is 2.50 bits per heavy atom. The molecular weight excluding hydrogens is 358 g/mol. The molecule has 0 heterocycles. The highest BCUT2D eigenvalue weighted by Crippen LogP contribution is 2.25. The number of carbonyl (C=O) groups excluding carboxylic acids is 1. The lowest BCUT2D eigenvalue weighted by molar-refractivity contribution is -0.113. The third-order valence-electron chi connectivity index (χ3n) is 3.24. The minimum absolute atomic E-state index is 0.00920. The van der Waals surface area contributed by atoms with Crippen molar-refractivity contribution in [1.82, 2.24) is 0 Å². The van der Waals surface area contributed by atoms with Crippen molar-refractivity contribution in [2.75, 3.05) is 11.1 Å². The zero-order chi connectivity index (χ0) is 15.4. The maximum atomic E-state index is 12.0. The van der Waals surface area contributed by atoms with E-state index in [9.17, 15) is 4.79 Å². The van der Waals surface area contributed by atoms with E-state index in [0.29, 0.717) is 5.75 Å². The maximum absolute atomic E-state index is 12.0. The highest BCUT2D eigenvalue weighted by molar-refractivity contribution is 9.10. The van der Waals surface area contributed by atoms with Crippen molar-refractivity contribution in [2.45, 2.75) is 4.90 Å². The SMILES string of the molecule is O=C(CSc1ccc2ccccc2c1)Nc1ccccc1Br. The second-order valence-corrected chi connectivity index (χ2v) is 6.73. The average Bonchev–Trinajstić information content (AvgIpc) is 2.55. The summed E-state index contributed by atoms with van der Waals surface area (Å²) < 4.78 is 0.888. The molecule has 1 N–H and O–H groups in total. The molecule has 0 aromatic heterocycles. The molecule has 0 spiro atoms. The molecule has 0 saturated heterocycles. The Bertz CT molecular complexity index is 819. The third kappa shape index (κ3) is 3.70. The number of rotatable bonds is 4. The van der Waals surface area contributed by atoms with E-state index in [1.807, 2.05) is 36.4 Å². The molecule has 0 bridgehead atoms. The predicted molar refractivity (Wildman–Crippen MR) is 97.4 cm³/mol. The topological polar surface area (TPSA) is 29.1 Å². The first kappa shape index (κ1) is 15.1. The van der Waals surface area contributed by atoms with Crippen molar-refractivity contribution in [2.24, 2.45) is 0 Å². The Hall–Kier alpha value is -1.78. The molecule has 0 unspecified atom stereocenters. The fourth-order valence-electron chi connectivity index (χ4n) is 2.15. The molecule has 0 saturated carbocycles. The van der Waals surface area contributed by atoms with Crippen molar-refractivity contribution < 1.29 is 4.79 Å². The van der Waals surface area contributed by atoms with Gasteiger partial charge in [-0.25, -0.2) is 0 Å². The van der Waals surface area contributed by atoms with Gasteiger partial charge in [-0.2, -0.15) is 0 Å². The summed E-state index contributed by atoms with van der Waals surface area (Å²) in [5.41, 5.74) is 0.798. The number of nitrogens with one attached hydrogen (secondary N) is 1. The number of hydrogen-bond donors (Lipinski definition) is 1. The van der Waals surface area contributed by atoms with Crippen LogP contribution < -0.4 is 5.32 Å². The monoisotopic (exact) mass is 371 g/mol. The van der Waals surface area contributed by atoms with Crippen molar-refractivity contribution >= 4 is 50.1 Å². The Morgan fingerprint density at radius 2 is 1.68 bits per heavy atom. The summed E-state index contributed by atoms with van der Waals surface area (Å²) in [7, 11) is 0. The van der Waals surface area contributed by atoms with Crippen LogP contribution >= 0.6 is 27.7 Å². The van der Waals surface area contributed by atoms with Gasteiger partial charge in [-0.1, -0.05) is 42.5 Å². The molecule has 3 aromatic rings. The van der Waals surface area contributed by atoms with Gasteiger partial charge in [0.15, 0.2) is 0 Å². The van der Waals surface area contributed by atoms with Crippen molar-refractivity contribution in [1.29, 1.82) is 0 Å². The van der Waals surface area contributed by atoms with Gasteiger partial charge >= 0.3 is 0 Å². The molecule has 4 heteroatoms. The molecule has 110 valence electrons. The van der Waals surface area contributed by atoms with Gasteiger partial charge in [0.05, 0.1) is 11.4 Å². The molecule has 22 heavy (non-hydrogen) atoms. The Kier molecular flexibility index (Phi) is 4.80. The first-order valence-corrected chi connectivity index (χ1v) is 8.66. The fraction of sp³-hybridized carbons (Fsp3) is 0.0556. The molecule has 3 aromatic carbocycles. The fourth-order valence-corrected chi connectivity index (χ4v) is 3.28. The van der Waals surface area contributed by atoms with Crippen LogP contribution in [0.3, 0.4) is 0 Å². The number of anilines is 1. The normalized spacial score (nSPS) is 10.6. The van der Waals surface area contributed by atoms with E-state index in [-0.39, 0.29) is 5.91 Å². The number of hydrogen-bond acceptors (Lipinski definition) is 2. The van der Waals surface area contributed by atoms with Crippen LogP contribution in [0.4, 0.5) is 5.69 Å². The van der Waals surface area contributed by atoms with Crippen LogP contribution in [-0.2, 0) is 4.79 Å². The molecular formula is C18H14BrNOS. The van der Waals surface area contributed by atoms with Crippen LogP contribution in [0.25, 0.3) is 10.8 Å². The van der Waals surface area contributed by atoms with Gasteiger partial charge in [-0.05, 0) is 51.0 Å². The van der Waals surface area contributed by atoms with E-state index in [2.05, 4.69) is 51.6 Å². The number of carbonyl (C=O) groups is 1. The number of thioether (sulfide) groups is 1. The summed E-state index contributed by atoms with van der Waals surface area (Å²) >= 11 is 4.97. The molecule has 0 fully saturated rings. The van der Waals surface area contributed by atoms with Crippen LogP contribution in [0, 0.1) is 0 Å². The lowest BCUT2D eigenvalue weighted by atomic mass is 10.1. The Labute approximate surface area is 142 Å². The molecule has 3 rings (SSSR count). The van der Waals surface area contributed by atoms with E-state index in [4.69, 9.17) is 0 Å². The smallest absolute Gasteiger partial charge is 0.234 e. The molecule has 1 amide bonds. The van der Waals surface area contributed by atoms with Gasteiger partial charge in [-0.15, -0.1) is 11.8 Å². The average molecular weight is 372 g/mol. The molecule has 0 aliphatic heterocycles. The Balaban J connectivity index is 1.63. The number of amides is 1. The van der Waals surface area contributed by atoms with Crippen LogP contribution in [0.2, 0.25) is 0 Å². The van der Waals surface area contributed by atoms with Crippen molar-refractivity contribution in [3.63, 3.8) is 0 Å². The van der Waals surface area contributed by atoms with Gasteiger partial charge in [0.2, 0.25) is 5.91 Å². The van der Waals surface area contributed by atoms with Crippen LogP contribution in [-0.4, -0.2) is 11.7 Å². The standard InChI is InChI=1S/C18H14BrNOS/c19-16-7-3-4-8-17(16)20-18(21)12-22-15-10-9-13-5-1-2-6-14(13)11-15/h1-11H,12H2,(H,20,21). The summed E-state index contributed by atoms with van der Waals surface area (Å²) in [5.74, 6) is 0.379. The molecule has 0 aliphatic rings. The first-order chi connectivity index (χ1) is 10.7. The number of para-hydroxylation sites is 1.